The Kier molecular flexibility index (Phi) is 9.45. The lowest BCUT2D eigenvalue weighted by atomic mass is 10.0. The van der Waals surface area contributed by atoms with Crippen molar-refractivity contribution in [2.75, 3.05) is 31.6 Å². The molecule has 2 aliphatic heterocycles. The molecule has 0 fully saturated rings. The van der Waals surface area contributed by atoms with Crippen LogP contribution < -0.4 is 10.1 Å². The largest absolute Gasteiger partial charge is 0.477 e. The van der Waals surface area contributed by atoms with Crippen LogP contribution in [-0.4, -0.2) is 57.6 Å². The highest BCUT2D eigenvalue weighted by molar-refractivity contribution is 5.94. The maximum atomic E-state index is 13.9. The molecule has 3 aromatic heterocycles. The fourth-order valence-electron chi connectivity index (χ4n) is 5.42. The molecule has 9 heteroatoms. The maximum Gasteiger partial charge on any atom is 0.308 e. The van der Waals surface area contributed by atoms with Crippen LogP contribution in [0.2, 0.25) is 0 Å². The fraction of sp³-hybridized carbons (Fsp3) is 0.515. The number of pyridine rings is 2. The van der Waals surface area contributed by atoms with E-state index in [0.29, 0.717) is 43.8 Å². The number of hydrogen-bond donors (Lipinski definition) is 1. The van der Waals surface area contributed by atoms with Crippen molar-refractivity contribution < 1.29 is 19.1 Å². The van der Waals surface area contributed by atoms with Crippen molar-refractivity contribution in [1.82, 2.24) is 19.4 Å². The second-order valence-electron chi connectivity index (χ2n) is 12.2. The van der Waals surface area contributed by atoms with Crippen molar-refractivity contribution in [2.45, 2.75) is 72.4 Å². The van der Waals surface area contributed by atoms with E-state index >= 15 is 0 Å². The Hall–Kier alpha value is -3.88. The Morgan fingerprint density at radius 2 is 1.88 bits per heavy atom. The molecule has 224 valence electrons. The molecule has 3 aromatic rings. The minimum absolute atomic E-state index is 0.0674. The normalized spacial score (nSPS) is 15.3. The Balaban J connectivity index is 1.30. The van der Waals surface area contributed by atoms with Crippen LogP contribution in [0.25, 0.3) is 0 Å². The zero-order valence-electron chi connectivity index (χ0n) is 25.3. The molecule has 0 aromatic carbocycles. The van der Waals surface area contributed by atoms with Crippen LogP contribution in [0.3, 0.4) is 0 Å². The van der Waals surface area contributed by atoms with Gasteiger partial charge in [0.25, 0.3) is 5.91 Å². The SMILES string of the molecule is CC(C)COC(=O)C[C@@H](c1ccc(OCC(C)C)nc1)N1CCn2cc(CCc3ccc4c(n3)NCCC4)cc2C1=O. The number of carbonyl (C=O) groups is 2. The van der Waals surface area contributed by atoms with E-state index in [1.807, 2.05) is 36.6 Å². The maximum absolute atomic E-state index is 13.9. The number of ether oxygens (including phenoxy) is 2. The van der Waals surface area contributed by atoms with Crippen LogP contribution in [0.15, 0.2) is 42.7 Å². The van der Waals surface area contributed by atoms with Gasteiger partial charge in [0.15, 0.2) is 0 Å². The van der Waals surface area contributed by atoms with Crippen molar-refractivity contribution in [3.05, 3.63) is 70.8 Å². The number of amides is 1. The van der Waals surface area contributed by atoms with Gasteiger partial charge in [0.2, 0.25) is 5.88 Å². The summed E-state index contributed by atoms with van der Waals surface area (Å²) in [5.41, 5.74) is 4.86. The minimum atomic E-state index is -0.483. The lowest BCUT2D eigenvalue weighted by Gasteiger charge is -2.35. The number of rotatable bonds is 12. The molecule has 1 atom stereocenters. The molecule has 9 nitrogen and oxygen atoms in total. The zero-order valence-corrected chi connectivity index (χ0v) is 25.3. The van der Waals surface area contributed by atoms with Crippen LogP contribution in [-0.2, 0) is 35.3 Å². The predicted molar refractivity (Wildman–Crippen MR) is 162 cm³/mol. The molecule has 42 heavy (non-hydrogen) atoms. The number of fused-ring (bicyclic) bond motifs is 2. The molecule has 0 bridgehead atoms. The van der Waals surface area contributed by atoms with Crippen LogP contribution in [0.1, 0.15) is 79.5 Å². The average Bonchev–Trinajstić information content (AvgIpc) is 3.41. The predicted octanol–water partition coefficient (Wildman–Crippen LogP) is 5.24. The molecule has 5 heterocycles. The summed E-state index contributed by atoms with van der Waals surface area (Å²) >= 11 is 0. The van der Waals surface area contributed by atoms with Gasteiger partial charge in [0.05, 0.1) is 25.7 Å². The molecule has 1 N–H and O–H groups in total. The molecule has 0 saturated carbocycles. The topological polar surface area (TPSA) is 98.6 Å². The number of aryl methyl sites for hydroxylation is 3. The van der Waals surface area contributed by atoms with E-state index in [1.165, 1.54) is 5.56 Å². The standard InChI is InChI=1S/C33H43N5O4/c1-22(2)20-41-30-12-9-26(18-35-30)28(17-31(39)42-21-23(3)4)38-15-14-37-19-24(16-29(37)33(38)40)7-10-27-11-8-25-6-5-13-34-32(25)36-27/h8-9,11-12,16,18-19,22-23,28H,5-7,10,13-15,17,20-21H2,1-4H3,(H,34,36)/t28-/m0/s1. The number of nitrogens with one attached hydrogen (secondary N) is 1. The summed E-state index contributed by atoms with van der Waals surface area (Å²) in [7, 11) is 0. The first-order valence-corrected chi connectivity index (χ1v) is 15.2. The van der Waals surface area contributed by atoms with Crippen LogP contribution in [0, 0.1) is 11.8 Å². The zero-order chi connectivity index (χ0) is 29.6. The van der Waals surface area contributed by atoms with E-state index in [1.54, 1.807) is 11.1 Å². The summed E-state index contributed by atoms with van der Waals surface area (Å²) in [6.07, 6.45) is 7.67. The first-order chi connectivity index (χ1) is 20.3. The van der Waals surface area contributed by atoms with Gasteiger partial charge in [-0.15, -0.1) is 0 Å². The van der Waals surface area contributed by atoms with Gasteiger partial charge in [0, 0.05) is 43.8 Å². The second-order valence-corrected chi connectivity index (χ2v) is 12.2. The summed E-state index contributed by atoms with van der Waals surface area (Å²) in [6.45, 7) is 11.2. The Morgan fingerprint density at radius 3 is 2.64 bits per heavy atom. The van der Waals surface area contributed by atoms with E-state index in [2.05, 4.69) is 42.5 Å². The van der Waals surface area contributed by atoms with E-state index in [-0.39, 0.29) is 24.2 Å². The molecule has 5 rings (SSSR count). The van der Waals surface area contributed by atoms with Crippen LogP contribution >= 0.6 is 0 Å². The molecule has 1 amide bonds. The third kappa shape index (κ3) is 7.30. The molecule has 0 aliphatic carbocycles. The van der Waals surface area contributed by atoms with Crippen molar-refractivity contribution in [1.29, 1.82) is 0 Å². The Bertz CT molecular complexity index is 1380. The molecular weight excluding hydrogens is 530 g/mol. The van der Waals surface area contributed by atoms with Gasteiger partial charge in [-0.25, -0.2) is 9.97 Å². The molecule has 2 aliphatic rings. The van der Waals surface area contributed by atoms with Gasteiger partial charge < -0.3 is 24.3 Å². The number of aromatic nitrogens is 3. The van der Waals surface area contributed by atoms with Gasteiger partial charge in [-0.05, 0) is 66.3 Å². The Labute approximate surface area is 248 Å². The number of nitrogens with zero attached hydrogens (tertiary/aromatic N) is 4. The quantitative estimate of drug-likeness (QED) is 0.296. The number of carbonyl (C=O) groups excluding carboxylic acids is 2. The van der Waals surface area contributed by atoms with E-state index < -0.39 is 6.04 Å². The van der Waals surface area contributed by atoms with E-state index in [9.17, 15) is 9.59 Å². The third-order valence-electron chi connectivity index (χ3n) is 7.66. The third-order valence-corrected chi connectivity index (χ3v) is 7.66. The minimum Gasteiger partial charge on any atom is -0.477 e. The lowest BCUT2D eigenvalue weighted by molar-refractivity contribution is -0.146. The monoisotopic (exact) mass is 573 g/mol. The highest BCUT2D eigenvalue weighted by Gasteiger charge is 2.33. The summed E-state index contributed by atoms with van der Waals surface area (Å²) in [5, 5.41) is 3.41. The van der Waals surface area contributed by atoms with Crippen LogP contribution in [0.5, 0.6) is 5.88 Å². The van der Waals surface area contributed by atoms with Gasteiger partial charge in [-0.2, -0.15) is 0 Å². The molecular formula is C33H43N5O4. The fourth-order valence-corrected chi connectivity index (χ4v) is 5.42. The van der Waals surface area contributed by atoms with Gasteiger partial charge >= 0.3 is 5.97 Å². The van der Waals surface area contributed by atoms with Crippen molar-refractivity contribution >= 4 is 17.7 Å². The van der Waals surface area contributed by atoms with Gasteiger partial charge in [-0.3, -0.25) is 9.59 Å². The van der Waals surface area contributed by atoms with Crippen molar-refractivity contribution in [2.24, 2.45) is 11.8 Å². The molecule has 0 unspecified atom stereocenters. The van der Waals surface area contributed by atoms with Gasteiger partial charge in [0.1, 0.15) is 11.5 Å². The summed E-state index contributed by atoms with van der Waals surface area (Å²) in [6, 6.07) is 9.51. The first-order valence-electron chi connectivity index (χ1n) is 15.2. The number of hydrogen-bond acceptors (Lipinski definition) is 7. The number of esters is 1. The Morgan fingerprint density at radius 1 is 1.05 bits per heavy atom. The highest BCUT2D eigenvalue weighted by atomic mass is 16.5. The number of anilines is 1. The smallest absolute Gasteiger partial charge is 0.308 e. The average molecular weight is 574 g/mol. The van der Waals surface area contributed by atoms with E-state index in [0.717, 1.165) is 54.9 Å². The van der Waals surface area contributed by atoms with E-state index in [4.69, 9.17) is 14.5 Å². The van der Waals surface area contributed by atoms with Gasteiger partial charge in [-0.1, -0.05) is 39.8 Å². The highest BCUT2D eigenvalue weighted by Crippen LogP contribution is 2.30. The summed E-state index contributed by atoms with van der Waals surface area (Å²) in [4.78, 5) is 37.8. The lowest BCUT2D eigenvalue weighted by Crippen LogP contribution is -2.43. The second kappa shape index (κ2) is 13.4. The van der Waals surface area contributed by atoms with Crippen LogP contribution in [0.4, 0.5) is 5.82 Å². The summed E-state index contributed by atoms with van der Waals surface area (Å²) in [5.74, 6) is 1.74. The van der Waals surface area contributed by atoms with Crippen molar-refractivity contribution in [3.8, 4) is 5.88 Å². The van der Waals surface area contributed by atoms with Crippen molar-refractivity contribution in [3.63, 3.8) is 0 Å². The molecule has 0 radical (unpaired) electrons. The molecule has 0 saturated heterocycles. The molecule has 0 spiro atoms. The first kappa shape index (κ1) is 29.6. The summed E-state index contributed by atoms with van der Waals surface area (Å²) < 4.78 is 13.3.